The first-order valence-electron chi connectivity index (χ1n) is 5.59. The first-order chi connectivity index (χ1) is 8.29. The van der Waals surface area contributed by atoms with E-state index in [9.17, 15) is 0 Å². The molecular formula is C14H16N2O. The number of rotatable bonds is 4. The molecule has 0 aliphatic rings. The Morgan fingerprint density at radius 1 is 1.12 bits per heavy atom. The summed E-state index contributed by atoms with van der Waals surface area (Å²) in [4.78, 5) is 4.35. The van der Waals surface area contributed by atoms with Crippen LogP contribution in [-0.2, 0) is 6.54 Å². The molecule has 0 saturated heterocycles. The van der Waals surface area contributed by atoms with Gasteiger partial charge in [0, 0.05) is 11.8 Å². The van der Waals surface area contributed by atoms with Crippen LogP contribution in [0.2, 0.25) is 0 Å². The normalized spacial score (nSPS) is 10.0. The van der Waals surface area contributed by atoms with Crippen molar-refractivity contribution in [2.45, 2.75) is 13.5 Å². The standard InChI is InChI=1S/C14H16N2O/c1-11-6-3-4-8-13(11)15-10-12-7-5-9-14(16-12)17-2/h3-9,15H,10H2,1-2H3. The summed E-state index contributed by atoms with van der Waals surface area (Å²) < 4.78 is 5.09. The Balaban J connectivity index is 2.05. The van der Waals surface area contributed by atoms with Gasteiger partial charge in [0.1, 0.15) is 0 Å². The van der Waals surface area contributed by atoms with Gasteiger partial charge in [0.25, 0.3) is 0 Å². The molecule has 17 heavy (non-hydrogen) atoms. The number of nitrogens with zero attached hydrogens (tertiary/aromatic N) is 1. The van der Waals surface area contributed by atoms with Gasteiger partial charge in [0.15, 0.2) is 0 Å². The maximum atomic E-state index is 5.09. The fourth-order valence-electron chi connectivity index (χ4n) is 1.63. The Morgan fingerprint density at radius 2 is 1.94 bits per heavy atom. The summed E-state index contributed by atoms with van der Waals surface area (Å²) in [5, 5.41) is 3.36. The predicted octanol–water partition coefficient (Wildman–Crippen LogP) is 3.01. The third-order valence-electron chi connectivity index (χ3n) is 2.60. The molecule has 1 heterocycles. The molecule has 1 N–H and O–H groups in total. The van der Waals surface area contributed by atoms with Crippen LogP contribution in [-0.4, -0.2) is 12.1 Å². The number of aromatic nitrogens is 1. The monoisotopic (exact) mass is 228 g/mol. The van der Waals surface area contributed by atoms with Crippen molar-refractivity contribution in [1.82, 2.24) is 4.98 Å². The van der Waals surface area contributed by atoms with Crippen molar-refractivity contribution in [3.05, 3.63) is 53.7 Å². The minimum Gasteiger partial charge on any atom is -0.481 e. The van der Waals surface area contributed by atoms with Gasteiger partial charge in [-0.15, -0.1) is 0 Å². The average molecular weight is 228 g/mol. The molecule has 0 atom stereocenters. The number of pyridine rings is 1. The molecule has 2 aromatic rings. The van der Waals surface area contributed by atoms with Crippen LogP contribution < -0.4 is 10.1 Å². The molecule has 0 amide bonds. The van der Waals surface area contributed by atoms with Crippen LogP contribution in [0.25, 0.3) is 0 Å². The van der Waals surface area contributed by atoms with Gasteiger partial charge >= 0.3 is 0 Å². The van der Waals surface area contributed by atoms with Crippen molar-refractivity contribution in [2.75, 3.05) is 12.4 Å². The fraction of sp³-hybridized carbons (Fsp3) is 0.214. The van der Waals surface area contributed by atoms with Crippen molar-refractivity contribution in [3.63, 3.8) is 0 Å². The van der Waals surface area contributed by atoms with Crippen LogP contribution in [0.1, 0.15) is 11.3 Å². The number of para-hydroxylation sites is 1. The quantitative estimate of drug-likeness (QED) is 0.873. The maximum absolute atomic E-state index is 5.09. The lowest BCUT2D eigenvalue weighted by atomic mass is 10.2. The number of ether oxygens (including phenoxy) is 1. The summed E-state index contributed by atoms with van der Waals surface area (Å²) in [6.45, 7) is 2.78. The summed E-state index contributed by atoms with van der Waals surface area (Å²) in [6, 6.07) is 14.0. The van der Waals surface area contributed by atoms with Crippen LogP contribution in [0.4, 0.5) is 5.69 Å². The van der Waals surface area contributed by atoms with E-state index < -0.39 is 0 Å². The zero-order chi connectivity index (χ0) is 12.1. The zero-order valence-electron chi connectivity index (χ0n) is 10.1. The van der Waals surface area contributed by atoms with E-state index in [-0.39, 0.29) is 0 Å². The number of nitrogens with one attached hydrogen (secondary N) is 1. The molecular weight excluding hydrogens is 212 g/mol. The maximum Gasteiger partial charge on any atom is 0.213 e. The lowest BCUT2D eigenvalue weighted by molar-refractivity contribution is 0.396. The Labute approximate surface area is 101 Å². The van der Waals surface area contributed by atoms with E-state index in [1.54, 1.807) is 7.11 Å². The van der Waals surface area contributed by atoms with Crippen molar-refractivity contribution >= 4 is 5.69 Å². The van der Waals surface area contributed by atoms with Gasteiger partial charge in [-0.1, -0.05) is 24.3 Å². The molecule has 1 aromatic heterocycles. The lowest BCUT2D eigenvalue weighted by Gasteiger charge is -2.09. The van der Waals surface area contributed by atoms with Crippen molar-refractivity contribution < 1.29 is 4.74 Å². The molecule has 1 aromatic carbocycles. The third kappa shape index (κ3) is 2.97. The Kier molecular flexibility index (Phi) is 3.60. The molecule has 0 unspecified atom stereocenters. The van der Waals surface area contributed by atoms with Crippen LogP contribution in [0.5, 0.6) is 5.88 Å². The minimum absolute atomic E-state index is 0.647. The van der Waals surface area contributed by atoms with Gasteiger partial charge in [-0.3, -0.25) is 0 Å². The average Bonchev–Trinajstić information content (AvgIpc) is 2.38. The number of aryl methyl sites for hydroxylation is 1. The molecule has 0 radical (unpaired) electrons. The number of methoxy groups -OCH3 is 1. The van der Waals surface area contributed by atoms with Crippen LogP contribution >= 0.6 is 0 Å². The SMILES string of the molecule is COc1cccc(CNc2ccccc2C)n1. The van der Waals surface area contributed by atoms with Gasteiger partial charge < -0.3 is 10.1 Å². The summed E-state index contributed by atoms with van der Waals surface area (Å²) in [5.74, 6) is 0.647. The number of hydrogen-bond acceptors (Lipinski definition) is 3. The third-order valence-corrected chi connectivity index (χ3v) is 2.60. The molecule has 88 valence electrons. The Hall–Kier alpha value is -2.03. The van der Waals surface area contributed by atoms with E-state index >= 15 is 0 Å². The molecule has 0 aliphatic carbocycles. The summed E-state index contributed by atoms with van der Waals surface area (Å²) in [6.07, 6.45) is 0. The first-order valence-corrected chi connectivity index (χ1v) is 5.59. The van der Waals surface area contributed by atoms with E-state index in [2.05, 4.69) is 29.4 Å². The zero-order valence-corrected chi connectivity index (χ0v) is 10.1. The van der Waals surface area contributed by atoms with E-state index in [1.165, 1.54) is 5.56 Å². The fourth-order valence-corrected chi connectivity index (χ4v) is 1.63. The van der Waals surface area contributed by atoms with Gasteiger partial charge in [-0.25, -0.2) is 4.98 Å². The lowest BCUT2D eigenvalue weighted by Crippen LogP contribution is -2.03. The summed E-state index contributed by atoms with van der Waals surface area (Å²) in [5.41, 5.74) is 3.33. The summed E-state index contributed by atoms with van der Waals surface area (Å²) >= 11 is 0. The van der Waals surface area contributed by atoms with Gasteiger partial charge in [-0.05, 0) is 24.6 Å². The van der Waals surface area contributed by atoms with Gasteiger partial charge in [0.2, 0.25) is 5.88 Å². The molecule has 0 saturated carbocycles. The minimum atomic E-state index is 0.647. The smallest absolute Gasteiger partial charge is 0.213 e. The van der Waals surface area contributed by atoms with Crippen LogP contribution in [0.3, 0.4) is 0 Å². The van der Waals surface area contributed by atoms with E-state index in [4.69, 9.17) is 4.74 Å². The number of anilines is 1. The van der Waals surface area contributed by atoms with Gasteiger partial charge in [0.05, 0.1) is 19.3 Å². The molecule has 2 rings (SSSR count). The second kappa shape index (κ2) is 5.34. The molecule has 0 spiro atoms. The van der Waals surface area contributed by atoms with Crippen molar-refractivity contribution in [2.24, 2.45) is 0 Å². The number of benzene rings is 1. The largest absolute Gasteiger partial charge is 0.481 e. The van der Waals surface area contributed by atoms with Crippen molar-refractivity contribution in [1.29, 1.82) is 0 Å². The molecule has 3 nitrogen and oxygen atoms in total. The molecule has 0 bridgehead atoms. The highest BCUT2D eigenvalue weighted by molar-refractivity contribution is 5.50. The topological polar surface area (TPSA) is 34.1 Å². The van der Waals surface area contributed by atoms with Gasteiger partial charge in [-0.2, -0.15) is 0 Å². The Morgan fingerprint density at radius 3 is 2.71 bits per heavy atom. The molecule has 0 fully saturated rings. The van der Waals surface area contributed by atoms with E-state index in [0.717, 1.165) is 11.4 Å². The van der Waals surface area contributed by atoms with Crippen LogP contribution in [0.15, 0.2) is 42.5 Å². The highest BCUT2D eigenvalue weighted by Gasteiger charge is 1.99. The predicted molar refractivity (Wildman–Crippen MR) is 69.3 cm³/mol. The highest BCUT2D eigenvalue weighted by Crippen LogP contribution is 2.14. The number of hydrogen-bond donors (Lipinski definition) is 1. The second-order valence-electron chi connectivity index (χ2n) is 3.84. The highest BCUT2D eigenvalue weighted by atomic mass is 16.5. The van der Waals surface area contributed by atoms with Crippen LogP contribution in [0, 0.1) is 6.92 Å². The molecule has 3 heteroatoms. The Bertz CT molecular complexity index is 497. The van der Waals surface area contributed by atoms with E-state index in [1.807, 2.05) is 30.3 Å². The molecule has 0 aliphatic heterocycles. The summed E-state index contributed by atoms with van der Waals surface area (Å²) in [7, 11) is 1.63. The van der Waals surface area contributed by atoms with Crippen molar-refractivity contribution in [3.8, 4) is 5.88 Å². The second-order valence-corrected chi connectivity index (χ2v) is 3.84. The first kappa shape index (κ1) is 11.5. The van der Waals surface area contributed by atoms with E-state index in [0.29, 0.717) is 12.4 Å².